The number of rotatable bonds is 1. The van der Waals surface area contributed by atoms with Crippen LogP contribution in [0.1, 0.15) is 21.6 Å². The zero-order chi connectivity index (χ0) is 9.42. The monoisotopic (exact) mass is 175 g/mol. The first kappa shape index (κ1) is 7.91. The minimum atomic E-state index is 0.531. The number of carbonyl (C=O) groups is 1. The van der Waals surface area contributed by atoms with Crippen molar-refractivity contribution in [3.05, 3.63) is 29.2 Å². The fourth-order valence-electron chi connectivity index (χ4n) is 1.19. The van der Waals surface area contributed by atoms with Gasteiger partial charge in [0.15, 0.2) is 11.9 Å². The highest BCUT2D eigenvalue weighted by molar-refractivity contribution is 5.83. The van der Waals surface area contributed by atoms with E-state index in [0.717, 1.165) is 17.5 Å². The zero-order valence-corrected chi connectivity index (χ0v) is 7.48. The van der Waals surface area contributed by atoms with Gasteiger partial charge < -0.3 is 0 Å². The van der Waals surface area contributed by atoms with Gasteiger partial charge in [-0.25, -0.2) is 9.50 Å². The molecule has 4 heteroatoms. The molecule has 2 aromatic heterocycles. The summed E-state index contributed by atoms with van der Waals surface area (Å²) in [5.74, 6) is 0. The standard InChI is InChI=1S/C9H9N3O/c1-6-4-12-9(11-7(6)2)8(5-13)3-10-12/h3-5H,1-2H3. The number of aldehydes is 1. The van der Waals surface area contributed by atoms with Gasteiger partial charge in [0.2, 0.25) is 0 Å². The minimum Gasteiger partial charge on any atom is -0.298 e. The lowest BCUT2D eigenvalue weighted by atomic mass is 10.3. The number of aromatic nitrogens is 3. The molecule has 0 saturated heterocycles. The van der Waals surface area contributed by atoms with Gasteiger partial charge in [-0.3, -0.25) is 4.79 Å². The van der Waals surface area contributed by atoms with Crippen molar-refractivity contribution in [2.24, 2.45) is 0 Å². The van der Waals surface area contributed by atoms with Gasteiger partial charge in [0.25, 0.3) is 0 Å². The van der Waals surface area contributed by atoms with Crippen LogP contribution in [0.15, 0.2) is 12.4 Å². The Morgan fingerprint density at radius 1 is 1.46 bits per heavy atom. The Bertz CT molecular complexity index is 473. The quantitative estimate of drug-likeness (QED) is 0.611. The average Bonchev–Trinajstić information content (AvgIpc) is 2.48. The van der Waals surface area contributed by atoms with Gasteiger partial charge in [-0.1, -0.05) is 0 Å². The second-order valence-electron chi connectivity index (χ2n) is 3.00. The molecule has 0 fully saturated rings. The Hall–Kier alpha value is -1.71. The van der Waals surface area contributed by atoms with Crippen LogP contribution in [0.5, 0.6) is 0 Å². The molecule has 13 heavy (non-hydrogen) atoms. The second kappa shape index (κ2) is 2.65. The summed E-state index contributed by atoms with van der Waals surface area (Å²) in [5, 5.41) is 4.01. The number of fused-ring (bicyclic) bond motifs is 1. The number of hydrogen-bond donors (Lipinski definition) is 0. The van der Waals surface area contributed by atoms with Gasteiger partial charge in [0, 0.05) is 11.9 Å². The van der Waals surface area contributed by atoms with Crippen LogP contribution in [-0.4, -0.2) is 20.9 Å². The van der Waals surface area contributed by atoms with E-state index >= 15 is 0 Å². The third-order valence-corrected chi connectivity index (χ3v) is 2.08. The first-order chi connectivity index (χ1) is 6.22. The summed E-state index contributed by atoms with van der Waals surface area (Å²) in [7, 11) is 0. The van der Waals surface area contributed by atoms with Gasteiger partial charge in [-0.2, -0.15) is 5.10 Å². The fourth-order valence-corrected chi connectivity index (χ4v) is 1.19. The van der Waals surface area contributed by atoms with E-state index < -0.39 is 0 Å². The molecule has 0 bridgehead atoms. The molecule has 2 aromatic rings. The average molecular weight is 175 g/mol. The SMILES string of the molecule is Cc1cn2ncc(C=O)c2nc1C. The molecule has 0 N–H and O–H groups in total. The minimum absolute atomic E-state index is 0.531. The van der Waals surface area contributed by atoms with E-state index in [1.165, 1.54) is 6.20 Å². The van der Waals surface area contributed by atoms with Crippen LogP contribution in [0.3, 0.4) is 0 Å². The van der Waals surface area contributed by atoms with E-state index in [1.54, 1.807) is 4.52 Å². The van der Waals surface area contributed by atoms with Gasteiger partial charge in [-0.05, 0) is 19.4 Å². The lowest BCUT2D eigenvalue weighted by Crippen LogP contribution is -1.96. The van der Waals surface area contributed by atoms with Crippen LogP contribution in [0.2, 0.25) is 0 Å². The topological polar surface area (TPSA) is 47.3 Å². The summed E-state index contributed by atoms with van der Waals surface area (Å²) in [4.78, 5) is 14.9. The Morgan fingerprint density at radius 2 is 2.23 bits per heavy atom. The number of aryl methyl sites for hydroxylation is 2. The van der Waals surface area contributed by atoms with E-state index in [4.69, 9.17) is 0 Å². The van der Waals surface area contributed by atoms with Crippen molar-refractivity contribution in [3.63, 3.8) is 0 Å². The highest BCUT2D eigenvalue weighted by Gasteiger charge is 2.05. The lowest BCUT2D eigenvalue weighted by molar-refractivity contribution is 0.112. The van der Waals surface area contributed by atoms with Crippen molar-refractivity contribution in [3.8, 4) is 0 Å². The maximum atomic E-state index is 10.6. The Balaban J connectivity index is 2.84. The molecule has 0 aliphatic carbocycles. The van der Waals surface area contributed by atoms with Crippen LogP contribution in [0.4, 0.5) is 0 Å². The van der Waals surface area contributed by atoms with E-state index in [2.05, 4.69) is 10.1 Å². The highest BCUT2D eigenvalue weighted by Crippen LogP contribution is 2.09. The molecule has 0 aromatic carbocycles. The van der Waals surface area contributed by atoms with Crippen molar-refractivity contribution in [2.45, 2.75) is 13.8 Å². The van der Waals surface area contributed by atoms with Gasteiger partial charge in [-0.15, -0.1) is 0 Å². The molecule has 0 spiro atoms. The zero-order valence-electron chi connectivity index (χ0n) is 7.48. The molecule has 66 valence electrons. The largest absolute Gasteiger partial charge is 0.298 e. The molecule has 2 heterocycles. The van der Waals surface area contributed by atoms with Gasteiger partial charge >= 0.3 is 0 Å². The predicted octanol–water partition coefficient (Wildman–Crippen LogP) is 1.16. The molecule has 0 saturated carbocycles. The van der Waals surface area contributed by atoms with Crippen molar-refractivity contribution >= 4 is 11.9 Å². The Morgan fingerprint density at radius 3 is 2.92 bits per heavy atom. The summed E-state index contributed by atoms with van der Waals surface area (Å²) >= 11 is 0. The molecular weight excluding hydrogens is 166 g/mol. The molecular formula is C9H9N3O. The van der Waals surface area contributed by atoms with E-state index in [-0.39, 0.29) is 0 Å². The van der Waals surface area contributed by atoms with Crippen LogP contribution in [-0.2, 0) is 0 Å². The lowest BCUT2D eigenvalue weighted by Gasteiger charge is -1.99. The molecule has 2 rings (SSSR count). The number of hydrogen-bond acceptors (Lipinski definition) is 3. The Kier molecular flexibility index (Phi) is 1.62. The van der Waals surface area contributed by atoms with Crippen LogP contribution in [0, 0.1) is 13.8 Å². The summed E-state index contributed by atoms with van der Waals surface area (Å²) in [5.41, 5.74) is 3.14. The van der Waals surface area contributed by atoms with Gasteiger partial charge in [0.1, 0.15) is 0 Å². The van der Waals surface area contributed by atoms with Gasteiger partial charge in [0.05, 0.1) is 11.8 Å². The Labute approximate surface area is 75.2 Å². The first-order valence-electron chi connectivity index (χ1n) is 3.99. The smallest absolute Gasteiger partial charge is 0.165 e. The van der Waals surface area contributed by atoms with Crippen molar-refractivity contribution < 1.29 is 4.79 Å². The molecule has 0 radical (unpaired) electrons. The van der Waals surface area contributed by atoms with Crippen molar-refractivity contribution in [1.29, 1.82) is 0 Å². The number of nitrogens with zero attached hydrogens (tertiary/aromatic N) is 3. The van der Waals surface area contributed by atoms with Crippen LogP contribution < -0.4 is 0 Å². The molecule has 0 atom stereocenters. The van der Waals surface area contributed by atoms with E-state index in [9.17, 15) is 4.79 Å². The van der Waals surface area contributed by atoms with Crippen LogP contribution in [0.25, 0.3) is 5.65 Å². The summed E-state index contributed by atoms with van der Waals surface area (Å²) in [6.07, 6.45) is 4.16. The summed E-state index contributed by atoms with van der Waals surface area (Å²) in [6.45, 7) is 3.88. The molecule has 0 unspecified atom stereocenters. The predicted molar refractivity (Wildman–Crippen MR) is 47.8 cm³/mol. The van der Waals surface area contributed by atoms with E-state index in [0.29, 0.717) is 11.2 Å². The van der Waals surface area contributed by atoms with Crippen LogP contribution >= 0.6 is 0 Å². The van der Waals surface area contributed by atoms with Crippen molar-refractivity contribution in [1.82, 2.24) is 14.6 Å². The maximum absolute atomic E-state index is 10.6. The van der Waals surface area contributed by atoms with E-state index in [1.807, 2.05) is 20.0 Å². The fraction of sp³-hybridized carbons (Fsp3) is 0.222. The van der Waals surface area contributed by atoms with Crippen molar-refractivity contribution in [2.75, 3.05) is 0 Å². The normalized spacial score (nSPS) is 10.6. The first-order valence-corrected chi connectivity index (χ1v) is 3.99. The third kappa shape index (κ3) is 1.11. The summed E-state index contributed by atoms with van der Waals surface area (Å²) in [6, 6.07) is 0. The third-order valence-electron chi connectivity index (χ3n) is 2.08. The maximum Gasteiger partial charge on any atom is 0.165 e. The molecule has 4 nitrogen and oxygen atoms in total. The molecule has 0 aliphatic rings. The second-order valence-corrected chi connectivity index (χ2v) is 3.00. The molecule has 0 aliphatic heterocycles. The summed E-state index contributed by atoms with van der Waals surface area (Å²) < 4.78 is 1.62. The highest BCUT2D eigenvalue weighted by atomic mass is 16.1. The number of carbonyl (C=O) groups excluding carboxylic acids is 1. The molecule has 0 amide bonds.